The summed E-state index contributed by atoms with van der Waals surface area (Å²) in [4.78, 5) is 2.42. The molecule has 0 bridgehead atoms. The lowest BCUT2D eigenvalue weighted by Gasteiger charge is -2.27. The molecule has 0 amide bonds. The number of halogens is 4. The van der Waals surface area contributed by atoms with Crippen molar-refractivity contribution >= 4 is 62.4 Å². The maximum Gasteiger partial charge on any atom is 0.240 e. The van der Waals surface area contributed by atoms with Crippen molar-refractivity contribution in [3.63, 3.8) is 0 Å². The molecule has 0 spiro atoms. The molecule has 0 radical (unpaired) electrons. The van der Waals surface area contributed by atoms with Gasteiger partial charge in [0.1, 0.15) is 0 Å². The van der Waals surface area contributed by atoms with Gasteiger partial charge in [0.25, 0.3) is 0 Å². The Labute approximate surface area is 157 Å². The number of piperazine rings is 1. The van der Waals surface area contributed by atoms with Crippen LogP contribution in [0.5, 0.6) is 0 Å². The van der Waals surface area contributed by atoms with Crippen LogP contribution in [-0.2, 0) is 10.0 Å². The fourth-order valence-electron chi connectivity index (χ4n) is 2.00. The van der Waals surface area contributed by atoms with E-state index in [1.807, 2.05) is 0 Å². The molecule has 128 valence electrons. The van der Waals surface area contributed by atoms with Gasteiger partial charge in [-0.3, -0.25) is 4.90 Å². The predicted octanol–water partition coefficient (Wildman–Crippen LogP) is 2.13. The summed E-state index contributed by atoms with van der Waals surface area (Å²) < 4.78 is 27.5. The first-order chi connectivity index (χ1) is 9.49. The normalized spacial score (nSPS) is 15.7. The summed E-state index contributed by atoms with van der Waals surface area (Å²) in [5.41, 5.74) is 0. The molecule has 22 heavy (non-hydrogen) atoms. The molecule has 1 aliphatic rings. The van der Waals surface area contributed by atoms with Crippen LogP contribution in [-0.4, -0.2) is 52.6 Å². The van der Waals surface area contributed by atoms with E-state index in [-0.39, 0.29) is 29.7 Å². The van der Waals surface area contributed by atoms with Crippen LogP contribution in [0.1, 0.15) is 0 Å². The smallest absolute Gasteiger partial charge is 0.240 e. The highest BCUT2D eigenvalue weighted by atomic mass is 79.9. The van der Waals surface area contributed by atoms with Crippen molar-refractivity contribution in [2.45, 2.75) is 4.90 Å². The molecule has 0 atom stereocenters. The summed E-state index contributed by atoms with van der Waals surface area (Å²) in [6, 6.07) is 4.61. The number of nitrogens with one attached hydrogen (secondary N) is 2. The quantitative estimate of drug-likeness (QED) is 0.714. The average Bonchev–Trinajstić information content (AvgIpc) is 2.43. The van der Waals surface area contributed by atoms with Gasteiger partial charge in [0, 0.05) is 43.7 Å². The zero-order chi connectivity index (χ0) is 14.6. The molecule has 1 aromatic rings. The Morgan fingerprint density at radius 1 is 1.27 bits per heavy atom. The Morgan fingerprint density at radius 3 is 2.50 bits per heavy atom. The second kappa shape index (κ2) is 10.3. The van der Waals surface area contributed by atoms with Crippen LogP contribution in [0.3, 0.4) is 0 Å². The number of hydrogen-bond acceptors (Lipinski definition) is 4. The van der Waals surface area contributed by atoms with Crippen LogP contribution in [0.25, 0.3) is 0 Å². The van der Waals surface area contributed by atoms with Crippen molar-refractivity contribution in [2.24, 2.45) is 0 Å². The zero-order valence-corrected chi connectivity index (χ0v) is 16.5. The zero-order valence-electron chi connectivity index (χ0n) is 11.7. The lowest BCUT2D eigenvalue weighted by molar-refractivity contribution is 0.245. The minimum Gasteiger partial charge on any atom is -0.314 e. The number of hydrogen-bond donors (Lipinski definition) is 2. The first kappa shape index (κ1) is 22.4. The minimum atomic E-state index is -3.50. The van der Waals surface area contributed by atoms with Crippen molar-refractivity contribution in [1.82, 2.24) is 14.9 Å². The third-order valence-electron chi connectivity index (χ3n) is 3.13. The molecule has 0 aliphatic carbocycles. The van der Waals surface area contributed by atoms with Gasteiger partial charge in [-0.1, -0.05) is 11.6 Å². The number of rotatable bonds is 5. The fourth-order valence-corrected chi connectivity index (χ4v) is 3.54. The SMILES string of the molecule is Cl.Cl.O=S(=O)(NCCN1CCNCC1)c1ccc(Br)c(Cl)c1. The van der Waals surface area contributed by atoms with Crippen molar-refractivity contribution < 1.29 is 8.42 Å². The molecule has 1 aromatic carbocycles. The lowest BCUT2D eigenvalue weighted by atomic mass is 10.3. The van der Waals surface area contributed by atoms with E-state index < -0.39 is 10.0 Å². The van der Waals surface area contributed by atoms with Gasteiger partial charge < -0.3 is 5.32 Å². The summed E-state index contributed by atoms with van der Waals surface area (Å²) >= 11 is 9.16. The molecule has 2 N–H and O–H groups in total. The van der Waals surface area contributed by atoms with E-state index >= 15 is 0 Å². The van der Waals surface area contributed by atoms with Crippen molar-refractivity contribution in [1.29, 1.82) is 0 Å². The van der Waals surface area contributed by atoms with Crippen molar-refractivity contribution in [2.75, 3.05) is 39.3 Å². The summed E-state index contributed by atoms with van der Waals surface area (Å²) in [6.45, 7) is 4.92. The van der Waals surface area contributed by atoms with Crippen LogP contribution in [0.15, 0.2) is 27.6 Å². The van der Waals surface area contributed by atoms with Gasteiger partial charge in [-0.05, 0) is 34.1 Å². The van der Waals surface area contributed by atoms with Crippen LogP contribution in [0, 0.1) is 0 Å². The Hall–Kier alpha value is 0.400. The lowest BCUT2D eigenvalue weighted by Crippen LogP contribution is -2.46. The fraction of sp³-hybridized carbons (Fsp3) is 0.500. The summed E-state index contributed by atoms with van der Waals surface area (Å²) in [6.07, 6.45) is 0. The summed E-state index contributed by atoms with van der Waals surface area (Å²) in [5.74, 6) is 0. The second-order valence-corrected chi connectivity index (χ2v) is 7.59. The summed E-state index contributed by atoms with van der Waals surface area (Å²) in [5, 5.41) is 3.64. The van der Waals surface area contributed by atoms with Gasteiger partial charge >= 0.3 is 0 Å². The molecule has 0 aromatic heterocycles. The summed E-state index contributed by atoms with van der Waals surface area (Å²) in [7, 11) is -3.50. The van der Waals surface area contributed by atoms with Gasteiger partial charge in [-0.15, -0.1) is 24.8 Å². The molecular weight excluding hydrogens is 436 g/mol. The molecule has 1 fully saturated rings. The Balaban J connectivity index is 0.00000220. The maximum absolute atomic E-state index is 12.1. The largest absolute Gasteiger partial charge is 0.314 e. The Bertz CT molecular complexity index is 569. The molecule has 1 heterocycles. The molecule has 10 heteroatoms. The Kier molecular flexibility index (Phi) is 10.5. The van der Waals surface area contributed by atoms with E-state index in [2.05, 4.69) is 30.9 Å². The highest BCUT2D eigenvalue weighted by Gasteiger charge is 2.16. The van der Waals surface area contributed by atoms with Crippen LogP contribution in [0.2, 0.25) is 5.02 Å². The second-order valence-electron chi connectivity index (χ2n) is 4.57. The maximum atomic E-state index is 12.1. The van der Waals surface area contributed by atoms with E-state index in [1.54, 1.807) is 6.07 Å². The standard InChI is InChI=1S/C12H17BrClN3O2S.2ClH/c13-11-2-1-10(9-12(11)14)20(18,19)16-5-8-17-6-3-15-4-7-17;;/h1-2,9,15-16H,3-8H2;2*1H. The van der Waals surface area contributed by atoms with E-state index in [4.69, 9.17) is 11.6 Å². The number of nitrogens with zero attached hydrogens (tertiary/aromatic N) is 1. The molecule has 1 saturated heterocycles. The van der Waals surface area contributed by atoms with Crippen LogP contribution >= 0.6 is 52.3 Å². The van der Waals surface area contributed by atoms with Crippen molar-refractivity contribution in [3.8, 4) is 0 Å². The predicted molar refractivity (Wildman–Crippen MR) is 98.1 cm³/mol. The third-order valence-corrected chi connectivity index (χ3v) is 5.82. The topological polar surface area (TPSA) is 61.4 Å². The average molecular weight is 456 g/mol. The molecular formula is C12H19BrCl3N3O2S. The minimum absolute atomic E-state index is 0. The molecule has 5 nitrogen and oxygen atoms in total. The van der Waals surface area contributed by atoms with E-state index in [0.29, 0.717) is 22.6 Å². The molecule has 1 aliphatic heterocycles. The first-order valence-corrected chi connectivity index (χ1v) is 9.02. The van der Waals surface area contributed by atoms with E-state index in [1.165, 1.54) is 12.1 Å². The van der Waals surface area contributed by atoms with Gasteiger partial charge in [-0.2, -0.15) is 0 Å². The third kappa shape index (κ3) is 6.49. The van der Waals surface area contributed by atoms with Gasteiger partial charge in [0.05, 0.1) is 9.92 Å². The monoisotopic (exact) mass is 453 g/mol. The Morgan fingerprint density at radius 2 is 1.91 bits per heavy atom. The number of sulfonamides is 1. The van der Waals surface area contributed by atoms with Crippen molar-refractivity contribution in [3.05, 3.63) is 27.7 Å². The highest BCUT2D eigenvalue weighted by Crippen LogP contribution is 2.25. The highest BCUT2D eigenvalue weighted by molar-refractivity contribution is 9.10. The molecule has 0 unspecified atom stereocenters. The van der Waals surface area contributed by atoms with Gasteiger partial charge in [0.15, 0.2) is 0 Å². The van der Waals surface area contributed by atoms with Gasteiger partial charge in [0.2, 0.25) is 10.0 Å². The first-order valence-electron chi connectivity index (χ1n) is 6.37. The van der Waals surface area contributed by atoms with Crippen LogP contribution < -0.4 is 10.0 Å². The van der Waals surface area contributed by atoms with E-state index in [9.17, 15) is 8.42 Å². The van der Waals surface area contributed by atoms with Gasteiger partial charge in [-0.25, -0.2) is 13.1 Å². The van der Waals surface area contributed by atoms with Crippen LogP contribution in [0.4, 0.5) is 0 Å². The van der Waals surface area contributed by atoms with E-state index in [0.717, 1.165) is 26.2 Å². The number of benzene rings is 1. The molecule has 2 rings (SSSR count). The molecule has 0 saturated carbocycles.